The Balaban J connectivity index is 2.99. The molecule has 6 heteroatoms. The summed E-state index contributed by atoms with van der Waals surface area (Å²) >= 11 is 1.52. The molecule has 0 aliphatic carbocycles. The maximum atomic E-state index is 9.02. The molecule has 0 aromatic carbocycles. The van der Waals surface area contributed by atoms with Crippen LogP contribution in [0.3, 0.4) is 0 Å². The Morgan fingerprint density at radius 3 is 2.71 bits per heavy atom. The summed E-state index contributed by atoms with van der Waals surface area (Å²) < 4.78 is 0. The Morgan fingerprint density at radius 2 is 2.18 bits per heavy atom. The van der Waals surface area contributed by atoms with Gasteiger partial charge in [0.2, 0.25) is 0 Å². The lowest BCUT2D eigenvalue weighted by atomic mass is 10.4. The molecule has 0 spiro atoms. The molecule has 96 valence electrons. The fourth-order valence-corrected chi connectivity index (χ4v) is 1.87. The van der Waals surface area contributed by atoms with Crippen molar-refractivity contribution in [3.63, 3.8) is 0 Å². The molecule has 0 saturated carbocycles. The van der Waals surface area contributed by atoms with Crippen molar-refractivity contribution in [2.75, 3.05) is 42.7 Å². The van der Waals surface area contributed by atoms with Crippen LogP contribution >= 0.6 is 11.8 Å². The molecule has 2 N–H and O–H groups in total. The molecule has 0 amide bonds. The average Bonchev–Trinajstić information content (AvgIpc) is 2.35. The van der Waals surface area contributed by atoms with Crippen molar-refractivity contribution in [2.45, 2.75) is 19.0 Å². The predicted octanol–water partition coefficient (Wildman–Crippen LogP) is 1.45. The highest BCUT2D eigenvalue weighted by Crippen LogP contribution is 2.20. The van der Waals surface area contributed by atoms with Gasteiger partial charge in [0.05, 0.1) is 6.61 Å². The van der Waals surface area contributed by atoms with Crippen LogP contribution in [0.5, 0.6) is 0 Å². The maximum absolute atomic E-state index is 9.02. The van der Waals surface area contributed by atoms with Crippen molar-refractivity contribution < 1.29 is 5.11 Å². The smallest absolute Gasteiger partial charge is 0.191 e. The second-order valence-electron chi connectivity index (χ2n) is 3.43. The van der Waals surface area contributed by atoms with Crippen LogP contribution in [0.4, 0.5) is 11.6 Å². The van der Waals surface area contributed by atoms with Crippen molar-refractivity contribution in [1.29, 1.82) is 0 Å². The first-order valence-electron chi connectivity index (χ1n) is 5.77. The van der Waals surface area contributed by atoms with Crippen LogP contribution in [0.15, 0.2) is 11.2 Å². The minimum atomic E-state index is 0.128. The average molecular weight is 256 g/mol. The van der Waals surface area contributed by atoms with Gasteiger partial charge >= 0.3 is 0 Å². The van der Waals surface area contributed by atoms with Gasteiger partial charge in [0, 0.05) is 25.7 Å². The second-order valence-corrected chi connectivity index (χ2v) is 4.21. The Bertz CT molecular complexity index is 348. The van der Waals surface area contributed by atoms with Crippen LogP contribution in [0.1, 0.15) is 13.8 Å². The lowest BCUT2D eigenvalue weighted by Crippen LogP contribution is -2.27. The van der Waals surface area contributed by atoms with E-state index < -0.39 is 0 Å². The van der Waals surface area contributed by atoms with E-state index in [9.17, 15) is 0 Å². The van der Waals surface area contributed by atoms with Gasteiger partial charge in [-0.1, -0.05) is 11.8 Å². The van der Waals surface area contributed by atoms with Crippen LogP contribution in [0.25, 0.3) is 0 Å². The zero-order valence-electron chi connectivity index (χ0n) is 10.6. The topological polar surface area (TPSA) is 61.3 Å². The van der Waals surface area contributed by atoms with Gasteiger partial charge in [0.25, 0.3) is 0 Å². The van der Waals surface area contributed by atoms with Gasteiger partial charge in [0.15, 0.2) is 5.16 Å². The van der Waals surface area contributed by atoms with E-state index >= 15 is 0 Å². The summed E-state index contributed by atoms with van der Waals surface area (Å²) in [7, 11) is 0. The summed E-state index contributed by atoms with van der Waals surface area (Å²) in [6.45, 7) is 6.44. The van der Waals surface area contributed by atoms with Crippen molar-refractivity contribution in [1.82, 2.24) is 9.97 Å². The molecule has 0 bridgehead atoms. The highest BCUT2D eigenvalue weighted by molar-refractivity contribution is 7.98. The Morgan fingerprint density at radius 1 is 1.41 bits per heavy atom. The summed E-state index contributed by atoms with van der Waals surface area (Å²) in [6, 6.07) is 1.92. The van der Waals surface area contributed by atoms with Crippen LogP contribution in [0, 0.1) is 0 Å². The third-order valence-corrected chi connectivity index (χ3v) is 2.86. The first-order valence-corrected chi connectivity index (χ1v) is 7.00. The Hall–Kier alpha value is -1.01. The van der Waals surface area contributed by atoms with Crippen LogP contribution in [-0.2, 0) is 0 Å². The molecule has 0 unspecified atom stereocenters. The van der Waals surface area contributed by atoms with Crippen LogP contribution in [-0.4, -0.2) is 47.6 Å². The summed E-state index contributed by atoms with van der Waals surface area (Å²) in [6.07, 6.45) is 1.96. The van der Waals surface area contributed by atoms with Crippen molar-refractivity contribution in [2.24, 2.45) is 0 Å². The van der Waals surface area contributed by atoms with E-state index in [1.807, 2.05) is 31.1 Å². The van der Waals surface area contributed by atoms with E-state index in [2.05, 4.69) is 15.3 Å². The van der Waals surface area contributed by atoms with Crippen LogP contribution < -0.4 is 10.2 Å². The lowest BCUT2D eigenvalue weighted by molar-refractivity contribution is 0.302. The first-order chi connectivity index (χ1) is 8.24. The molecule has 0 radical (unpaired) electrons. The largest absolute Gasteiger partial charge is 0.395 e. The van der Waals surface area contributed by atoms with Crippen molar-refractivity contribution in [3.8, 4) is 0 Å². The van der Waals surface area contributed by atoms with Gasteiger partial charge in [0.1, 0.15) is 11.6 Å². The monoisotopic (exact) mass is 256 g/mol. The molecule has 0 aliphatic heterocycles. The number of likely N-dealkylation sites (N-methyl/N-ethyl adjacent to an activating group) is 1. The number of aliphatic hydroxyl groups excluding tert-OH is 1. The zero-order valence-corrected chi connectivity index (χ0v) is 11.4. The third kappa shape index (κ3) is 4.05. The molecule has 0 saturated heterocycles. The SMILES string of the molecule is CCNc1cc(N(CC)CCO)nc(SC)n1. The van der Waals surface area contributed by atoms with E-state index in [-0.39, 0.29) is 6.61 Å². The molecule has 1 rings (SSSR count). The number of hydrogen-bond acceptors (Lipinski definition) is 6. The van der Waals surface area contributed by atoms with Gasteiger partial charge < -0.3 is 15.3 Å². The van der Waals surface area contributed by atoms with Gasteiger partial charge in [-0.3, -0.25) is 0 Å². The highest BCUT2D eigenvalue weighted by atomic mass is 32.2. The fraction of sp³-hybridized carbons (Fsp3) is 0.636. The summed E-state index contributed by atoms with van der Waals surface area (Å²) in [5, 5.41) is 13.0. The minimum absolute atomic E-state index is 0.128. The van der Waals surface area contributed by atoms with Crippen LogP contribution in [0.2, 0.25) is 0 Å². The van der Waals surface area contributed by atoms with Crippen molar-refractivity contribution >= 4 is 23.4 Å². The molecule has 5 nitrogen and oxygen atoms in total. The third-order valence-electron chi connectivity index (χ3n) is 2.31. The van der Waals surface area contributed by atoms with E-state index in [1.165, 1.54) is 11.8 Å². The molecule has 0 atom stereocenters. The standard InChI is InChI=1S/C11H20N4OS/c1-4-12-9-8-10(14-11(13-9)17-3)15(5-2)6-7-16/h8,16H,4-7H2,1-3H3,(H,12,13,14). The number of anilines is 2. The van der Waals surface area contributed by atoms with E-state index in [0.29, 0.717) is 6.54 Å². The predicted molar refractivity (Wildman–Crippen MR) is 72.9 cm³/mol. The zero-order chi connectivity index (χ0) is 12.7. The number of aliphatic hydroxyl groups is 1. The van der Waals surface area contributed by atoms with E-state index in [4.69, 9.17) is 5.11 Å². The second kappa shape index (κ2) is 7.34. The molecule has 0 aliphatic rings. The molecular formula is C11H20N4OS. The summed E-state index contributed by atoms with van der Waals surface area (Å²) in [5.74, 6) is 1.69. The maximum Gasteiger partial charge on any atom is 0.191 e. The van der Waals surface area contributed by atoms with E-state index in [0.717, 1.165) is 29.9 Å². The van der Waals surface area contributed by atoms with Crippen molar-refractivity contribution in [3.05, 3.63) is 6.07 Å². The molecule has 1 aromatic rings. The number of thioether (sulfide) groups is 1. The Labute approximate surface area is 107 Å². The quantitative estimate of drug-likeness (QED) is 0.569. The summed E-state index contributed by atoms with van der Waals surface area (Å²) in [4.78, 5) is 10.9. The van der Waals surface area contributed by atoms with Gasteiger partial charge in [-0.2, -0.15) is 0 Å². The Kier molecular flexibility index (Phi) is 6.07. The normalized spacial score (nSPS) is 10.4. The number of aromatic nitrogens is 2. The van der Waals surface area contributed by atoms with Gasteiger partial charge in [-0.15, -0.1) is 0 Å². The lowest BCUT2D eigenvalue weighted by Gasteiger charge is -2.21. The molecule has 1 heterocycles. The first kappa shape index (κ1) is 14.1. The number of rotatable bonds is 7. The fourth-order valence-electron chi connectivity index (χ4n) is 1.49. The van der Waals surface area contributed by atoms with Gasteiger partial charge in [-0.05, 0) is 20.1 Å². The summed E-state index contributed by atoms with van der Waals surface area (Å²) in [5.41, 5.74) is 0. The number of nitrogens with one attached hydrogen (secondary N) is 1. The van der Waals surface area contributed by atoms with E-state index in [1.54, 1.807) is 0 Å². The highest BCUT2D eigenvalue weighted by Gasteiger charge is 2.09. The number of nitrogens with zero attached hydrogens (tertiary/aromatic N) is 3. The van der Waals surface area contributed by atoms with Gasteiger partial charge in [-0.25, -0.2) is 9.97 Å². The molecule has 0 fully saturated rings. The number of hydrogen-bond donors (Lipinski definition) is 2. The molecule has 1 aromatic heterocycles. The molecule has 17 heavy (non-hydrogen) atoms. The molecular weight excluding hydrogens is 236 g/mol. The minimum Gasteiger partial charge on any atom is -0.395 e.